The van der Waals surface area contributed by atoms with E-state index < -0.39 is 16.6 Å². The van der Waals surface area contributed by atoms with E-state index in [2.05, 4.69) is 10.6 Å². The zero-order valence-corrected chi connectivity index (χ0v) is 12.9. The van der Waals surface area contributed by atoms with Gasteiger partial charge in [-0.15, -0.1) is 0 Å². The molecular formula is C14H21N3O5. The van der Waals surface area contributed by atoms with Crippen LogP contribution in [0.3, 0.4) is 0 Å². The van der Waals surface area contributed by atoms with Crippen LogP contribution in [0.1, 0.15) is 27.2 Å². The topological polar surface area (TPSA) is 114 Å². The van der Waals surface area contributed by atoms with Crippen LogP contribution in [0.4, 0.5) is 16.2 Å². The van der Waals surface area contributed by atoms with Gasteiger partial charge in [0.15, 0.2) is 0 Å². The first-order chi connectivity index (χ1) is 10.2. The molecule has 0 aliphatic carbocycles. The molecule has 1 aromatic carbocycles. The van der Waals surface area contributed by atoms with Crippen LogP contribution in [0.15, 0.2) is 18.2 Å². The second kappa shape index (κ2) is 7.48. The number of nitro groups is 1. The molecule has 0 aromatic heterocycles. The Labute approximate surface area is 128 Å². The first-order valence-corrected chi connectivity index (χ1v) is 6.87. The number of hydrogen-bond donors (Lipinski definition) is 3. The van der Waals surface area contributed by atoms with Gasteiger partial charge in [0.25, 0.3) is 5.69 Å². The fourth-order valence-electron chi connectivity index (χ4n) is 1.64. The first kappa shape index (κ1) is 17.5. The van der Waals surface area contributed by atoms with Gasteiger partial charge in [0.2, 0.25) is 0 Å². The van der Waals surface area contributed by atoms with Crippen molar-refractivity contribution in [3.05, 3.63) is 28.3 Å². The van der Waals surface area contributed by atoms with Crippen molar-refractivity contribution in [2.45, 2.75) is 32.8 Å². The summed E-state index contributed by atoms with van der Waals surface area (Å²) in [6, 6.07) is 3.89. The van der Waals surface area contributed by atoms with E-state index >= 15 is 0 Å². The second-order valence-electron chi connectivity index (χ2n) is 5.67. The summed E-state index contributed by atoms with van der Waals surface area (Å²) >= 11 is 0. The summed E-state index contributed by atoms with van der Waals surface area (Å²) in [6.07, 6.45) is 0.0696. The van der Waals surface area contributed by atoms with Crippen LogP contribution in [0.2, 0.25) is 0 Å². The number of phenolic OH excluding ortho intramolecular Hbond substituents is 1. The van der Waals surface area contributed by atoms with Crippen LogP contribution in [-0.4, -0.2) is 34.8 Å². The van der Waals surface area contributed by atoms with Crippen molar-refractivity contribution >= 4 is 17.5 Å². The maximum Gasteiger partial charge on any atom is 0.407 e. The number of nitro benzene ring substituents is 1. The number of nitrogens with one attached hydrogen (secondary N) is 2. The number of carbonyl (C=O) groups is 1. The molecule has 1 amide bonds. The molecule has 0 heterocycles. The number of amides is 1. The van der Waals surface area contributed by atoms with Gasteiger partial charge >= 0.3 is 6.09 Å². The molecule has 0 spiro atoms. The molecule has 0 radical (unpaired) electrons. The average molecular weight is 311 g/mol. The third kappa shape index (κ3) is 6.29. The van der Waals surface area contributed by atoms with Crippen molar-refractivity contribution < 1.29 is 19.6 Å². The number of anilines is 1. The number of hydrogen-bond acceptors (Lipinski definition) is 6. The van der Waals surface area contributed by atoms with Crippen molar-refractivity contribution in [2.24, 2.45) is 0 Å². The molecule has 0 saturated carbocycles. The van der Waals surface area contributed by atoms with Gasteiger partial charge < -0.3 is 20.5 Å². The number of phenols is 1. The van der Waals surface area contributed by atoms with Gasteiger partial charge in [-0.2, -0.15) is 0 Å². The standard InChI is InChI=1S/C14H21N3O5/c1-14(2,3)22-13(19)16-8-4-7-15-11-6-5-10(18)9-12(11)17(20)21/h5-6,9,15,18H,4,7-8H2,1-3H3,(H,16,19). The van der Waals surface area contributed by atoms with Crippen molar-refractivity contribution in [3.8, 4) is 5.75 Å². The molecule has 0 fully saturated rings. The number of benzene rings is 1. The highest BCUT2D eigenvalue weighted by atomic mass is 16.6. The van der Waals surface area contributed by atoms with Crippen LogP contribution in [0.5, 0.6) is 5.75 Å². The Kier molecular flexibility index (Phi) is 5.97. The highest BCUT2D eigenvalue weighted by Gasteiger charge is 2.16. The lowest BCUT2D eigenvalue weighted by Crippen LogP contribution is -2.33. The summed E-state index contributed by atoms with van der Waals surface area (Å²) in [7, 11) is 0. The van der Waals surface area contributed by atoms with Crippen molar-refractivity contribution in [1.29, 1.82) is 0 Å². The van der Waals surface area contributed by atoms with Gasteiger partial charge in [-0.1, -0.05) is 0 Å². The van der Waals surface area contributed by atoms with Crippen LogP contribution in [0, 0.1) is 10.1 Å². The summed E-state index contributed by atoms with van der Waals surface area (Å²) in [5, 5.41) is 25.6. The Morgan fingerprint density at radius 3 is 2.64 bits per heavy atom. The molecule has 0 aliphatic heterocycles. The van der Waals surface area contributed by atoms with Crippen LogP contribution >= 0.6 is 0 Å². The van der Waals surface area contributed by atoms with Gasteiger partial charge in [0, 0.05) is 13.1 Å². The minimum Gasteiger partial charge on any atom is -0.508 e. The van der Waals surface area contributed by atoms with E-state index in [4.69, 9.17) is 4.74 Å². The van der Waals surface area contributed by atoms with Crippen molar-refractivity contribution in [3.63, 3.8) is 0 Å². The van der Waals surface area contributed by atoms with Gasteiger partial charge in [0.05, 0.1) is 11.0 Å². The van der Waals surface area contributed by atoms with E-state index in [0.717, 1.165) is 6.07 Å². The number of ether oxygens (including phenoxy) is 1. The zero-order chi connectivity index (χ0) is 16.8. The normalized spacial score (nSPS) is 10.9. The van der Waals surface area contributed by atoms with E-state index in [1.165, 1.54) is 12.1 Å². The smallest absolute Gasteiger partial charge is 0.407 e. The lowest BCUT2D eigenvalue weighted by molar-refractivity contribution is -0.384. The van der Waals surface area contributed by atoms with E-state index in [-0.39, 0.29) is 11.4 Å². The summed E-state index contributed by atoms with van der Waals surface area (Å²) < 4.78 is 5.08. The molecule has 3 N–H and O–H groups in total. The first-order valence-electron chi connectivity index (χ1n) is 6.87. The lowest BCUT2D eigenvalue weighted by Gasteiger charge is -2.19. The molecule has 0 bridgehead atoms. The second-order valence-corrected chi connectivity index (χ2v) is 5.67. The molecule has 122 valence electrons. The predicted octanol–water partition coefficient (Wildman–Crippen LogP) is 2.63. The van der Waals surface area contributed by atoms with E-state index in [1.54, 1.807) is 20.8 Å². The summed E-state index contributed by atoms with van der Waals surface area (Å²) in [4.78, 5) is 21.7. The highest BCUT2D eigenvalue weighted by molar-refractivity contribution is 5.67. The molecule has 1 aromatic rings. The van der Waals surface area contributed by atoms with Gasteiger partial charge in [0.1, 0.15) is 17.0 Å². The number of rotatable bonds is 6. The van der Waals surface area contributed by atoms with Crippen LogP contribution < -0.4 is 10.6 Å². The number of carbonyl (C=O) groups excluding carboxylic acids is 1. The average Bonchev–Trinajstić information content (AvgIpc) is 2.37. The summed E-state index contributed by atoms with van der Waals surface area (Å²) in [6.45, 7) is 6.14. The number of nitrogens with zero attached hydrogens (tertiary/aromatic N) is 1. The molecule has 0 atom stereocenters. The quantitative estimate of drug-likeness (QED) is 0.322. The molecule has 8 heteroatoms. The Balaban J connectivity index is 2.37. The molecule has 22 heavy (non-hydrogen) atoms. The molecule has 8 nitrogen and oxygen atoms in total. The Bertz CT molecular complexity index is 540. The highest BCUT2D eigenvalue weighted by Crippen LogP contribution is 2.28. The summed E-state index contributed by atoms with van der Waals surface area (Å²) in [5.41, 5.74) is -0.421. The minimum atomic E-state index is -0.568. The van der Waals surface area contributed by atoms with Gasteiger partial charge in [-0.05, 0) is 39.3 Å². The Morgan fingerprint density at radius 2 is 2.05 bits per heavy atom. The SMILES string of the molecule is CC(C)(C)OC(=O)NCCCNc1ccc(O)cc1[N+](=O)[O-]. The molecular weight excluding hydrogens is 290 g/mol. The maximum absolute atomic E-state index is 11.4. The Hall–Kier alpha value is -2.51. The number of alkyl carbamates (subject to hydrolysis) is 1. The molecule has 1 rings (SSSR count). The van der Waals surface area contributed by atoms with Crippen LogP contribution in [0.25, 0.3) is 0 Å². The monoisotopic (exact) mass is 311 g/mol. The fourth-order valence-corrected chi connectivity index (χ4v) is 1.64. The largest absolute Gasteiger partial charge is 0.508 e. The summed E-state index contributed by atoms with van der Waals surface area (Å²) in [5.74, 6) is -0.163. The number of aromatic hydroxyl groups is 1. The van der Waals surface area contributed by atoms with Crippen molar-refractivity contribution in [2.75, 3.05) is 18.4 Å². The fraction of sp³-hybridized carbons (Fsp3) is 0.500. The maximum atomic E-state index is 11.4. The molecule has 0 unspecified atom stereocenters. The third-order valence-corrected chi connectivity index (χ3v) is 2.52. The minimum absolute atomic E-state index is 0.163. The van der Waals surface area contributed by atoms with E-state index in [0.29, 0.717) is 25.2 Å². The van der Waals surface area contributed by atoms with Gasteiger partial charge in [-0.25, -0.2) is 4.79 Å². The third-order valence-electron chi connectivity index (χ3n) is 2.52. The predicted molar refractivity (Wildman–Crippen MR) is 82.1 cm³/mol. The van der Waals surface area contributed by atoms with Crippen molar-refractivity contribution in [1.82, 2.24) is 5.32 Å². The van der Waals surface area contributed by atoms with Gasteiger partial charge in [-0.3, -0.25) is 10.1 Å². The molecule has 0 saturated heterocycles. The molecule has 0 aliphatic rings. The van der Waals surface area contributed by atoms with E-state index in [1.807, 2.05) is 0 Å². The Morgan fingerprint density at radius 1 is 1.36 bits per heavy atom. The van der Waals surface area contributed by atoms with E-state index in [9.17, 15) is 20.0 Å². The zero-order valence-electron chi connectivity index (χ0n) is 12.9. The lowest BCUT2D eigenvalue weighted by atomic mass is 10.2. The van der Waals surface area contributed by atoms with Crippen LogP contribution in [-0.2, 0) is 4.74 Å².